The third-order valence-electron chi connectivity index (χ3n) is 4.94. The fraction of sp³-hybridized carbons (Fsp3) is 0.867. The number of carbonyl (C=O) groups excluding carboxylic acids is 2. The Hall–Kier alpha value is -1.23. The molecular formula is C15H26N4O5S. The summed E-state index contributed by atoms with van der Waals surface area (Å²) in [5.41, 5.74) is 0. The molecule has 0 radical (unpaired) electrons. The standard InChI is InChI=1S/C15H26N4O5S/c20-14-12(11-4-1-2-7-25(22,23)19-11)17-8-10(9-18-14)13-15(21)16-5-3-6-24-13/h10-13,17,19H,1-9H2,(H,16,21)(H,18,20). The van der Waals surface area contributed by atoms with Crippen molar-refractivity contribution in [2.24, 2.45) is 5.92 Å². The van der Waals surface area contributed by atoms with E-state index < -0.39 is 28.2 Å². The number of ether oxygens (including phenoxy) is 1. The SMILES string of the molecule is O=C1NCC(C2OCCCNC2=O)CNC1C1CCCCS(=O)(=O)N1. The first-order valence-electron chi connectivity index (χ1n) is 8.87. The first kappa shape index (κ1) is 18.6. The van der Waals surface area contributed by atoms with E-state index >= 15 is 0 Å². The normalized spacial score (nSPS) is 37.1. The average Bonchev–Trinajstić information content (AvgIpc) is 2.96. The number of nitrogens with one attached hydrogen (secondary N) is 4. The monoisotopic (exact) mass is 374 g/mol. The highest BCUT2D eigenvalue weighted by molar-refractivity contribution is 7.89. The number of amides is 2. The molecule has 0 aromatic carbocycles. The van der Waals surface area contributed by atoms with Crippen molar-refractivity contribution >= 4 is 21.8 Å². The molecule has 3 aliphatic rings. The number of hydrogen-bond donors (Lipinski definition) is 4. The Labute approximate surface area is 147 Å². The van der Waals surface area contributed by atoms with Gasteiger partial charge in [-0.2, -0.15) is 0 Å². The third kappa shape index (κ3) is 4.69. The molecule has 4 atom stereocenters. The fourth-order valence-electron chi connectivity index (χ4n) is 3.58. The topological polar surface area (TPSA) is 126 Å². The third-order valence-corrected chi connectivity index (χ3v) is 6.42. The van der Waals surface area contributed by atoms with Crippen LogP contribution in [0.2, 0.25) is 0 Å². The summed E-state index contributed by atoms with van der Waals surface area (Å²) in [6.07, 6.45) is 2.11. The summed E-state index contributed by atoms with van der Waals surface area (Å²) in [5, 5.41) is 8.81. The largest absolute Gasteiger partial charge is 0.368 e. The van der Waals surface area contributed by atoms with Crippen LogP contribution in [0.5, 0.6) is 0 Å². The van der Waals surface area contributed by atoms with Crippen molar-refractivity contribution < 1.29 is 22.7 Å². The zero-order valence-electron chi connectivity index (χ0n) is 14.1. The van der Waals surface area contributed by atoms with Crippen molar-refractivity contribution in [1.82, 2.24) is 20.7 Å². The van der Waals surface area contributed by atoms with Gasteiger partial charge < -0.3 is 20.7 Å². The van der Waals surface area contributed by atoms with Crippen molar-refractivity contribution in [2.75, 3.05) is 32.0 Å². The molecule has 142 valence electrons. The lowest BCUT2D eigenvalue weighted by atomic mass is 10.0. The molecule has 3 aliphatic heterocycles. The maximum absolute atomic E-state index is 12.5. The Morgan fingerprint density at radius 3 is 2.68 bits per heavy atom. The second-order valence-corrected chi connectivity index (χ2v) is 8.74. The summed E-state index contributed by atoms with van der Waals surface area (Å²) in [6, 6.07) is -1.12. The Morgan fingerprint density at radius 1 is 1.00 bits per heavy atom. The molecule has 3 heterocycles. The molecule has 0 bridgehead atoms. The fourth-order valence-corrected chi connectivity index (χ4v) is 5.00. The van der Waals surface area contributed by atoms with Gasteiger partial charge in [0.1, 0.15) is 12.1 Å². The summed E-state index contributed by atoms with van der Waals surface area (Å²) in [7, 11) is -3.36. The number of hydrogen-bond acceptors (Lipinski definition) is 6. The molecule has 3 saturated heterocycles. The molecule has 0 saturated carbocycles. The number of carbonyl (C=O) groups is 2. The first-order chi connectivity index (χ1) is 12.0. The number of sulfonamides is 1. The highest BCUT2D eigenvalue weighted by Crippen LogP contribution is 2.17. The molecule has 3 rings (SSSR count). The molecule has 3 fully saturated rings. The van der Waals surface area contributed by atoms with Gasteiger partial charge in [-0.1, -0.05) is 6.42 Å². The van der Waals surface area contributed by atoms with Crippen LogP contribution in [0.25, 0.3) is 0 Å². The van der Waals surface area contributed by atoms with E-state index in [0.29, 0.717) is 39.1 Å². The summed E-state index contributed by atoms with van der Waals surface area (Å²) >= 11 is 0. The number of rotatable bonds is 2. The van der Waals surface area contributed by atoms with Crippen molar-refractivity contribution in [3.05, 3.63) is 0 Å². The zero-order valence-corrected chi connectivity index (χ0v) is 14.9. The lowest BCUT2D eigenvalue weighted by molar-refractivity contribution is -0.134. The lowest BCUT2D eigenvalue weighted by Gasteiger charge is -2.25. The van der Waals surface area contributed by atoms with E-state index in [2.05, 4.69) is 20.7 Å². The smallest absolute Gasteiger partial charge is 0.249 e. The van der Waals surface area contributed by atoms with Crippen LogP contribution in [0.4, 0.5) is 0 Å². The van der Waals surface area contributed by atoms with Gasteiger partial charge in [0, 0.05) is 38.2 Å². The van der Waals surface area contributed by atoms with Gasteiger partial charge in [0.2, 0.25) is 21.8 Å². The van der Waals surface area contributed by atoms with E-state index in [1.165, 1.54) is 0 Å². The second-order valence-electron chi connectivity index (χ2n) is 6.87. The quantitative estimate of drug-likeness (QED) is 0.446. The molecule has 0 spiro atoms. The summed E-state index contributed by atoms with van der Waals surface area (Å²) in [4.78, 5) is 24.6. The summed E-state index contributed by atoms with van der Waals surface area (Å²) in [6.45, 7) is 1.81. The van der Waals surface area contributed by atoms with Crippen LogP contribution in [0.1, 0.15) is 25.7 Å². The maximum atomic E-state index is 12.5. The molecule has 10 heteroatoms. The van der Waals surface area contributed by atoms with Gasteiger partial charge in [-0.15, -0.1) is 0 Å². The van der Waals surface area contributed by atoms with Crippen LogP contribution in [0, 0.1) is 5.92 Å². The van der Waals surface area contributed by atoms with Crippen molar-refractivity contribution in [3.8, 4) is 0 Å². The highest BCUT2D eigenvalue weighted by Gasteiger charge is 2.38. The van der Waals surface area contributed by atoms with Crippen molar-refractivity contribution in [1.29, 1.82) is 0 Å². The van der Waals surface area contributed by atoms with Crippen LogP contribution in [-0.2, 0) is 24.3 Å². The Kier molecular flexibility index (Phi) is 5.92. The molecule has 0 aromatic heterocycles. The van der Waals surface area contributed by atoms with E-state index in [9.17, 15) is 18.0 Å². The molecule has 4 N–H and O–H groups in total. The zero-order chi connectivity index (χ0) is 17.9. The molecular weight excluding hydrogens is 348 g/mol. The minimum atomic E-state index is -3.36. The Balaban J connectivity index is 1.68. The Morgan fingerprint density at radius 2 is 1.84 bits per heavy atom. The highest BCUT2D eigenvalue weighted by atomic mass is 32.2. The van der Waals surface area contributed by atoms with E-state index in [1.54, 1.807) is 0 Å². The predicted octanol–water partition coefficient (Wildman–Crippen LogP) is -1.93. The van der Waals surface area contributed by atoms with Gasteiger partial charge in [0.15, 0.2) is 0 Å². The minimum absolute atomic E-state index is 0.0938. The van der Waals surface area contributed by atoms with Crippen LogP contribution in [-0.4, -0.2) is 70.4 Å². The Bertz CT molecular complexity index is 611. The van der Waals surface area contributed by atoms with Gasteiger partial charge >= 0.3 is 0 Å². The molecule has 25 heavy (non-hydrogen) atoms. The average molecular weight is 374 g/mol. The molecule has 9 nitrogen and oxygen atoms in total. The van der Waals surface area contributed by atoms with Crippen LogP contribution in [0.15, 0.2) is 0 Å². The summed E-state index contributed by atoms with van der Waals surface area (Å²) < 4.78 is 32.2. The molecule has 0 aliphatic carbocycles. The van der Waals surface area contributed by atoms with Crippen LogP contribution >= 0.6 is 0 Å². The van der Waals surface area contributed by atoms with Gasteiger partial charge in [0.25, 0.3) is 0 Å². The molecule has 2 amide bonds. The molecule has 4 unspecified atom stereocenters. The van der Waals surface area contributed by atoms with E-state index in [-0.39, 0.29) is 23.5 Å². The summed E-state index contributed by atoms with van der Waals surface area (Å²) in [5.74, 6) is -0.510. The minimum Gasteiger partial charge on any atom is -0.368 e. The van der Waals surface area contributed by atoms with E-state index in [1.807, 2.05) is 0 Å². The van der Waals surface area contributed by atoms with Gasteiger partial charge in [-0.05, 0) is 19.3 Å². The van der Waals surface area contributed by atoms with E-state index in [0.717, 1.165) is 12.8 Å². The molecule has 0 aromatic rings. The predicted molar refractivity (Wildman–Crippen MR) is 90.2 cm³/mol. The van der Waals surface area contributed by atoms with Crippen molar-refractivity contribution in [2.45, 2.75) is 43.9 Å². The van der Waals surface area contributed by atoms with Crippen LogP contribution < -0.4 is 20.7 Å². The lowest BCUT2D eigenvalue weighted by Crippen LogP contribution is -2.55. The maximum Gasteiger partial charge on any atom is 0.249 e. The van der Waals surface area contributed by atoms with Crippen LogP contribution in [0.3, 0.4) is 0 Å². The van der Waals surface area contributed by atoms with Gasteiger partial charge in [-0.25, -0.2) is 13.1 Å². The van der Waals surface area contributed by atoms with Gasteiger partial charge in [0.05, 0.1) is 5.75 Å². The second kappa shape index (κ2) is 7.98. The first-order valence-corrected chi connectivity index (χ1v) is 10.5. The van der Waals surface area contributed by atoms with Gasteiger partial charge in [-0.3, -0.25) is 9.59 Å². The van der Waals surface area contributed by atoms with Crippen molar-refractivity contribution in [3.63, 3.8) is 0 Å². The van der Waals surface area contributed by atoms with E-state index in [4.69, 9.17) is 4.74 Å².